The summed E-state index contributed by atoms with van der Waals surface area (Å²) < 4.78 is 5.25. The number of aliphatic imine (C=N–C) groups is 1. The zero-order valence-electron chi connectivity index (χ0n) is 17.9. The van der Waals surface area contributed by atoms with E-state index in [-0.39, 0.29) is 29.9 Å². The van der Waals surface area contributed by atoms with E-state index in [2.05, 4.69) is 32.7 Å². The van der Waals surface area contributed by atoms with Gasteiger partial charge >= 0.3 is 0 Å². The summed E-state index contributed by atoms with van der Waals surface area (Å²) in [5.74, 6) is 2.22. The molecular weight excluding hydrogens is 491 g/mol. The minimum Gasteiger partial charge on any atom is -0.497 e. The van der Waals surface area contributed by atoms with Gasteiger partial charge in [-0.25, -0.2) is 0 Å². The monoisotopic (exact) mass is 522 g/mol. The van der Waals surface area contributed by atoms with Crippen molar-refractivity contribution in [3.63, 3.8) is 0 Å². The number of benzene rings is 2. The SMILES string of the molecule is CCNC(=O)c1cccc(CNC(=NC)N2CCC(c3ccc(OC)cc3)C2)c1.I. The van der Waals surface area contributed by atoms with E-state index in [4.69, 9.17) is 4.74 Å². The number of hydrogen-bond donors (Lipinski definition) is 2. The highest BCUT2D eigenvalue weighted by molar-refractivity contribution is 14.0. The fourth-order valence-electron chi connectivity index (χ4n) is 3.70. The van der Waals surface area contributed by atoms with Crippen LogP contribution in [0, 0.1) is 0 Å². The Morgan fingerprint density at radius 1 is 1.20 bits per heavy atom. The van der Waals surface area contributed by atoms with Crippen LogP contribution < -0.4 is 15.4 Å². The number of amides is 1. The third-order valence-corrected chi connectivity index (χ3v) is 5.26. The molecule has 7 heteroatoms. The standard InChI is InChI=1S/C23H30N4O2.HI/c1-4-25-22(28)19-7-5-6-17(14-19)15-26-23(24-2)27-13-12-20(16-27)18-8-10-21(29-3)11-9-18;/h5-11,14,20H,4,12-13,15-16H2,1-3H3,(H,24,26)(H,25,28);1H. The average Bonchev–Trinajstić information content (AvgIpc) is 3.25. The van der Waals surface area contributed by atoms with Gasteiger partial charge in [0, 0.05) is 44.7 Å². The number of nitrogens with one attached hydrogen (secondary N) is 2. The molecule has 0 radical (unpaired) electrons. The van der Waals surface area contributed by atoms with Crippen molar-refractivity contribution < 1.29 is 9.53 Å². The molecule has 1 heterocycles. The van der Waals surface area contributed by atoms with Crippen LogP contribution in [0.2, 0.25) is 0 Å². The van der Waals surface area contributed by atoms with Gasteiger partial charge in [-0.3, -0.25) is 9.79 Å². The highest BCUT2D eigenvalue weighted by Crippen LogP contribution is 2.28. The summed E-state index contributed by atoms with van der Waals surface area (Å²) in [6.07, 6.45) is 1.10. The summed E-state index contributed by atoms with van der Waals surface area (Å²) in [4.78, 5) is 18.8. The zero-order chi connectivity index (χ0) is 20.6. The van der Waals surface area contributed by atoms with E-state index in [1.807, 2.05) is 50.4 Å². The van der Waals surface area contributed by atoms with Crippen molar-refractivity contribution in [1.29, 1.82) is 0 Å². The van der Waals surface area contributed by atoms with Crippen LogP contribution >= 0.6 is 24.0 Å². The van der Waals surface area contributed by atoms with Crippen LogP contribution in [0.1, 0.15) is 40.7 Å². The van der Waals surface area contributed by atoms with Crippen LogP contribution in [-0.2, 0) is 6.54 Å². The van der Waals surface area contributed by atoms with Crippen LogP contribution in [0.25, 0.3) is 0 Å². The normalized spacial score (nSPS) is 16.0. The van der Waals surface area contributed by atoms with Gasteiger partial charge in [-0.15, -0.1) is 24.0 Å². The first-order valence-corrected chi connectivity index (χ1v) is 10.1. The van der Waals surface area contributed by atoms with Gasteiger partial charge in [0.15, 0.2) is 5.96 Å². The topological polar surface area (TPSA) is 66.0 Å². The number of hydrogen-bond acceptors (Lipinski definition) is 3. The molecule has 1 amide bonds. The van der Waals surface area contributed by atoms with Gasteiger partial charge in [-0.1, -0.05) is 24.3 Å². The van der Waals surface area contributed by atoms with Gasteiger partial charge in [-0.05, 0) is 48.7 Å². The van der Waals surface area contributed by atoms with E-state index >= 15 is 0 Å². The molecule has 0 spiro atoms. The lowest BCUT2D eigenvalue weighted by atomic mass is 9.98. The maximum absolute atomic E-state index is 12.0. The van der Waals surface area contributed by atoms with E-state index in [1.165, 1.54) is 5.56 Å². The number of ether oxygens (including phenoxy) is 1. The lowest BCUT2D eigenvalue weighted by Crippen LogP contribution is -2.39. The van der Waals surface area contributed by atoms with Gasteiger partial charge in [0.2, 0.25) is 0 Å². The van der Waals surface area contributed by atoms with Crippen molar-refractivity contribution in [3.05, 3.63) is 65.2 Å². The predicted octanol–water partition coefficient (Wildman–Crippen LogP) is 3.63. The third-order valence-electron chi connectivity index (χ3n) is 5.26. The van der Waals surface area contributed by atoms with E-state index in [9.17, 15) is 4.79 Å². The highest BCUT2D eigenvalue weighted by Gasteiger charge is 2.26. The molecule has 2 aromatic rings. The summed E-state index contributed by atoms with van der Waals surface area (Å²) in [5.41, 5.74) is 3.07. The van der Waals surface area contributed by atoms with E-state index in [0.717, 1.165) is 36.8 Å². The third kappa shape index (κ3) is 6.10. The molecule has 1 aliphatic heterocycles. The molecule has 1 atom stereocenters. The maximum Gasteiger partial charge on any atom is 0.251 e. The van der Waals surface area contributed by atoms with E-state index in [0.29, 0.717) is 24.6 Å². The number of guanidine groups is 1. The van der Waals surface area contributed by atoms with Crippen molar-refractivity contribution in [3.8, 4) is 5.75 Å². The molecule has 2 N–H and O–H groups in total. The van der Waals surface area contributed by atoms with Gasteiger partial charge in [-0.2, -0.15) is 0 Å². The number of nitrogens with zero attached hydrogens (tertiary/aromatic N) is 2. The molecule has 0 bridgehead atoms. The van der Waals surface area contributed by atoms with Crippen molar-refractivity contribution in [2.75, 3.05) is 33.8 Å². The molecule has 0 aromatic heterocycles. The summed E-state index contributed by atoms with van der Waals surface area (Å²) >= 11 is 0. The Kier molecular flexibility index (Phi) is 9.42. The van der Waals surface area contributed by atoms with Crippen LogP contribution in [0.3, 0.4) is 0 Å². The number of rotatable bonds is 6. The maximum atomic E-state index is 12.0. The summed E-state index contributed by atoms with van der Waals surface area (Å²) in [5, 5.41) is 6.28. The molecule has 1 saturated heterocycles. The molecular formula is C23H31IN4O2. The number of halogens is 1. The van der Waals surface area contributed by atoms with Gasteiger partial charge in [0.25, 0.3) is 5.91 Å². The molecule has 162 valence electrons. The van der Waals surface area contributed by atoms with E-state index in [1.54, 1.807) is 7.11 Å². The lowest BCUT2D eigenvalue weighted by Gasteiger charge is -2.22. The van der Waals surface area contributed by atoms with Crippen LogP contribution in [0.5, 0.6) is 5.75 Å². The fraction of sp³-hybridized carbons (Fsp3) is 0.391. The Morgan fingerprint density at radius 2 is 1.97 bits per heavy atom. The first-order valence-electron chi connectivity index (χ1n) is 10.1. The number of carbonyl (C=O) groups excluding carboxylic acids is 1. The molecule has 1 fully saturated rings. The number of carbonyl (C=O) groups is 1. The van der Waals surface area contributed by atoms with Crippen molar-refractivity contribution in [1.82, 2.24) is 15.5 Å². The summed E-state index contributed by atoms with van der Waals surface area (Å²) in [6, 6.07) is 16.0. The summed E-state index contributed by atoms with van der Waals surface area (Å²) in [6.45, 7) is 5.07. The van der Waals surface area contributed by atoms with Gasteiger partial charge in [0.1, 0.15) is 5.75 Å². The second-order valence-electron chi connectivity index (χ2n) is 7.17. The Bertz CT molecular complexity index is 855. The molecule has 0 aliphatic carbocycles. The number of likely N-dealkylation sites (tertiary alicyclic amines) is 1. The first kappa shape index (κ1) is 24.0. The minimum atomic E-state index is -0.0411. The molecule has 1 unspecified atom stereocenters. The van der Waals surface area contributed by atoms with Gasteiger partial charge in [0.05, 0.1) is 7.11 Å². The number of methoxy groups -OCH3 is 1. The Morgan fingerprint density at radius 3 is 2.63 bits per heavy atom. The largest absolute Gasteiger partial charge is 0.497 e. The highest BCUT2D eigenvalue weighted by atomic mass is 127. The fourth-order valence-corrected chi connectivity index (χ4v) is 3.70. The molecule has 2 aromatic carbocycles. The Balaban J connectivity index is 0.00000320. The van der Waals surface area contributed by atoms with Crippen LogP contribution in [-0.4, -0.2) is 50.6 Å². The van der Waals surface area contributed by atoms with Crippen molar-refractivity contribution in [2.24, 2.45) is 4.99 Å². The first-order chi connectivity index (χ1) is 14.1. The Hall–Kier alpha value is -2.29. The predicted molar refractivity (Wildman–Crippen MR) is 132 cm³/mol. The van der Waals surface area contributed by atoms with Crippen LogP contribution in [0.4, 0.5) is 0 Å². The van der Waals surface area contributed by atoms with Gasteiger partial charge < -0.3 is 20.3 Å². The van der Waals surface area contributed by atoms with E-state index < -0.39 is 0 Å². The zero-order valence-corrected chi connectivity index (χ0v) is 20.2. The second-order valence-corrected chi connectivity index (χ2v) is 7.17. The minimum absolute atomic E-state index is 0. The summed E-state index contributed by atoms with van der Waals surface area (Å²) in [7, 11) is 3.50. The molecule has 3 rings (SSSR count). The quantitative estimate of drug-likeness (QED) is 0.346. The molecule has 0 saturated carbocycles. The average molecular weight is 522 g/mol. The molecule has 6 nitrogen and oxygen atoms in total. The lowest BCUT2D eigenvalue weighted by molar-refractivity contribution is 0.0955. The van der Waals surface area contributed by atoms with Crippen LogP contribution in [0.15, 0.2) is 53.5 Å². The van der Waals surface area contributed by atoms with Crippen molar-refractivity contribution in [2.45, 2.75) is 25.8 Å². The van der Waals surface area contributed by atoms with Crippen molar-refractivity contribution >= 4 is 35.8 Å². The smallest absolute Gasteiger partial charge is 0.251 e. The Labute approximate surface area is 196 Å². The molecule has 1 aliphatic rings. The molecule has 30 heavy (non-hydrogen) atoms. The second kappa shape index (κ2) is 11.8.